The molecule has 184 valence electrons. The lowest BCUT2D eigenvalue weighted by molar-refractivity contribution is -0.137. The van der Waals surface area contributed by atoms with Gasteiger partial charge in [-0.05, 0) is 55.2 Å². The van der Waals surface area contributed by atoms with Crippen molar-refractivity contribution in [2.75, 3.05) is 11.9 Å². The second-order valence-electron chi connectivity index (χ2n) is 8.15. The van der Waals surface area contributed by atoms with E-state index in [1.54, 1.807) is 18.2 Å². The van der Waals surface area contributed by atoms with Crippen molar-refractivity contribution in [3.8, 4) is 0 Å². The monoisotopic (exact) mass is 508 g/mol. The summed E-state index contributed by atoms with van der Waals surface area (Å²) in [4.78, 5) is 38.5. The van der Waals surface area contributed by atoms with Crippen LogP contribution < -0.4 is 16.0 Å². The van der Waals surface area contributed by atoms with Gasteiger partial charge in [0, 0.05) is 33.9 Å². The van der Waals surface area contributed by atoms with Crippen molar-refractivity contribution < 1.29 is 32.7 Å². The lowest BCUT2D eigenvalue weighted by Crippen LogP contribution is -2.41. The maximum atomic E-state index is 13.1. The van der Waals surface area contributed by atoms with Crippen LogP contribution in [0.15, 0.2) is 36.4 Å². The first-order valence-corrected chi connectivity index (χ1v) is 11.0. The summed E-state index contributed by atoms with van der Waals surface area (Å²) in [6, 6.07) is 7.25. The third kappa shape index (κ3) is 5.51. The number of nitrogens with one attached hydrogen (secondary N) is 4. The van der Waals surface area contributed by atoms with Crippen molar-refractivity contribution in [3.05, 3.63) is 63.8 Å². The summed E-state index contributed by atoms with van der Waals surface area (Å²) in [7, 11) is 0. The minimum Gasteiger partial charge on any atom is -0.480 e. The molecular weight excluding hydrogens is 489 g/mol. The van der Waals surface area contributed by atoms with E-state index in [2.05, 4.69) is 20.9 Å². The zero-order chi connectivity index (χ0) is 25.3. The van der Waals surface area contributed by atoms with E-state index in [1.807, 2.05) is 0 Å². The molecule has 1 atom stereocenters. The molecule has 0 saturated heterocycles. The largest absolute Gasteiger partial charge is 0.480 e. The van der Waals surface area contributed by atoms with E-state index >= 15 is 0 Å². The predicted octanol–water partition coefficient (Wildman–Crippen LogP) is 4.33. The number of alkyl halides is 3. The predicted molar refractivity (Wildman–Crippen MR) is 123 cm³/mol. The van der Waals surface area contributed by atoms with Gasteiger partial charge in [0.2, 0.25) is 0 Å². The minimum absolute atomic E-state index is 0.0310. The molecule has 0 saturated carbocycles. The molecule has 1 aliphatic carbocycles. The Hall–Kier alpha value is -3.73. The molecule has 3 aromatic rings. The summed E-state index contributed by atoms with van der Waals surface area (Å²) in [6.45, 7) is -0.485. The van der Waals surface area contributed by atoms with Gasteiger partial charge in [0.25, 0.3) is 5.91 Å². The average Bonchev–Trinajstić information content (AvgIpc) is 3.15. The van der Waals surface area contributed by atoms with Crippen LogP contribution in [0.4, 0.5) is 23.7 Å². The summed E-state index contributed by atoms with van der Waals surface area (Å²) in [5.74, 6) is -1.65. The summed E-state index contributed by atoms with van der Waals surface area (Å²) < 4.78 is 39.2. The molecule has 0 fully saturated rings. The maximum Gasteiger partial charge on any atom is 0.417 e. The van der Waals surface area contributed by atoms with Gasteiger partial charge in [0.1, 0.15) is 6.54 Å². The van der Waals surface area contributed by atoms with Crippen LogP contribution in [0.2, 0.25) is 5.02 Å². The molecule has 1 aliphatic rings. The number of hydrogen-bond donors (Lipinski definition) is 5. The highest BCUT2D eigenvalue weighted by Crippen LogP contribution is 2.36. The smallest absolute Gasteiger partial charge is 0.417 e. The number of urea groups is 1. The number of hydrogen-bond acceptors (Lipinski definition) is 3. The Kier molecular flexibility index (Phi) is 6.62. The highest BCUT2D eigenvalue weighted by molar-refractivity contribution is 6.31. The van der Waals surface area contributed by atoms with Gasteiger partial charge in [-0.3, -0.25) is 9.59 Å². The number of anilines is 1. The number of aromatic amines is 1. The van der Waals surface area contributed by atoms with E-state index < -0.39 is 41.2 Å². The van der Waals surface area contributed by atoms with Crippen LogP contribution in [0, 0.1) is 0 Å². The van der Waals surface area contributed by atoms with Crippen LogP contribution in [0.1, 0.15) is 33.6 Å². The second-order valence-corrected chi connectivity index (χ2v) is 8.56. The summed E-state index contributed by atoms with van der Waals surface area (Å²) >= 11 is 5.62. The number of aromatic nitrogens is 1. The molecule has 1 heterocycles. The van der Waals surface area contributed by atoms with Gasteiger partial charge in [0.05, 0.1) is 10.6 Å². The molecule has 0 radical (unpaired) electrons. The van der Waals surface area contributed by atoms with Crippen LogP contribution in [0.5, 0.6) is 0 Å². The van der Waals surface area contributed by atoms with Crippen molar-refractivity contribution in [1.82, 2.24) is 15.6 Å². The van der Waals surface area contributed by atoms with Gasteiger partial charge >= 0.3 is 18.2 Å². The average molecular weight is 509 g/mol. The maximum absolute atomic E-state index is 13.1. The minimum atomic E-state index is -4.64. The lowest BCUT2D eigenvalue weighted by atomic mass is 9.91. The first kappa shape index (κ1) is 24.4. The molecule has 2 aromatic carbocycles. The summed E-state index contributed by atoms with van der Waals surface area (Å²) in [5.41, 5.74) is 1.90. The molecule has 1 unspecified atom stereocenters. The number of halogens is 4. The molecule has 12 heteroatoms. The molecule has 35 heavy (non-hydrogen) atoms. The standard InChI is InChI=1S/C23H20ClF3N4O4/c24-17-5-2-13(9-16(17)23(25,26)27)30-22(35)29-12-3-6-18-15(8-12)14-4-1-11(7-19(14)31-18)21(34)28-10-20(32)33/h1-2,4-5,7,9,12,31H,3,6,8,10H2,(H,28,34)(H,32,33)(H2,29,30,35). The van der Waals surface area contributed by atoms with Crippen LogP contribution in [0.3, 0.4) is 0 Å². The normalized spacial score (nSPS) is 15.4. The number of aliphatic carboxylic acids is 1. The number of benzene rings is 2. The van der Waals surface area contributed by atoms with Crippen LogP contribution in [-0.2, 0) is 23.8 Å². The van der Waals surface area contributed by atoms with Gasteiger partial charge in [-0.15, -0.1) is 0 Å². The molecule has 5 N–H and O–H groups in total. The van der Waals surface area contributed by atoms with Crippen LogP contribution >= 0.6 is 11.6 Å². The van der Waals surface area contributed by atoms with Crippen molar-refractivity contribution in [2.45, 2.75) is 31.5 Å². The Balaban J connectivity index is 1.43. The summed E-state index contributed by atoms with van der Waals surface area (Å²) in [5, 5.41) is 16.7. The van der Waals surface area contributed by atoms with Crippen molar-refractivity contribution in [3.63, 3.8) is 0 Å². The fourth-order valence-corrected chi connectivity index (χ4v) is 4.34. The number of carbonyl (C=O) groups is 3. The Bertz CT molecular complexity index is 1320. The Morgan fingerprint density at radius 2 is 1.91 bits per heavy atom. The highest BCUT2D eigenvalue weighted by Gasteiger charge is 2.33. The van der Waals surface area contributed by atoms with Gasteiger partial charge in [0.15, 0.2) is 0 Å². The molecule has 0 bridgehead atoms. The lowest BCUT2D eigenvalue weighted by Gasteiger charge is -2.24. The first-order chi connectivity index (χ1) is 16.5. The quantitative estimate of drug-likeness (QED) is 0.352. The molecule has 4 rings (SSSR count). The zero-order valence-corrected chi connectivity index (χ0v) is 18.8. The topological polar surface area (TPSA) is 123 Å². The van der Waals surface area contributed by atoms with Gasteiger partial charge in [-0.2, -0.15) is 13.2 Å². The number of carboxylic acid groups (broad SMARTS) is 1. The Morgan fingerprint density at radius 3 is 2.63 bits per heavy atom. The van der Waals surface area contributed by atoms with Gasteiger partial charge < -0.3 is 26.0 Å². The number of rotatable bonds is 5. The van der Waals surface area contributed by atoms with Crippen molar-refractivity contribution in [1.29, 1.82) is 0 Å². The van der Waals surface area contributed by atoms with E-state index in [0.717, 1.165) is 28.8 Å². The van der Waals surface area contributed by atoms with E-state index in [1.165, 1.54) is 6.07 Å². The number of carbonyl (C=O) groups excluding carboxylic acids is 2. The second kappa shape index (κ2) is 9.49. The van der Waals surface area contributed by atoms with Crippen molar-refractivity contribution >= 4 is 46.1 Å². The first-order valence-electron chi connectivity index (χ1n) is 10.6. The molecule has 3 amide bonds. The third-order valence-corrected chi connectivity index (χ3v) is 6.04. The number of aryl methyl sites for hydroxylation is 1. The fraction of sp³-hybridized carbons (Fsp3) is 0.261. The Morgan fingerprint density at radius 1 is 1.14 bits per heavy atom. The number of amides is 3. The van der Waals surface area contributed by atoms with Crippen LogP contribution in [-0.4, -0.2) is 40.6 Å². The number of fused-ring (bicyclic) bond motifs is 3. The van der Waals surface area contributed by atoms with Crippen LogP contribution in [0.25, 0.3) is 10.9 Å². The Labute approximate surface area is 201 Å². The van der Waals surface area contributed by atoms with E-state index in [4.69, 9.17) is 16.7 Å². The van der Waals surface area contributed by atoms with Crippen molar-refractivity contribution in [2.24, 2.45) is 0 Å². The zero-order valence-electron chi connectivity index (χ0n) is 18.1. The number of H-pyrrole nitrogens is 1. The van der Waals surface area contributed by atoms with E-state index in [0.29, 0.717) is 30.3 Å². The van der Waals surface area contributed by atoms with E-state index in [-0.39, 0.29) is 11.7 Å². The molecule has 1 aromatic heterocycles. The molecule has 0 aliphatic heterocycles. The molecule has 8 nitrogen and oxygen atoms in total. The fourth-order valence-electron chi connectivity index (χ4n) is 4.12. The SMILES string of the molecule is O=C(O)CNC(=O)c1ccc2c3c([nH]c2c1)CCC(NC(=O)Nc1ccc(Cl)c(C(F)(F)F)c1)C3. The van der Waals surface area contributed by atoms with Gasteiger partial charge in [-0.1, -0.05) is 17.7 Å². The molecular formula is C23H20ClF3N4O4. The van der Waals surface area contributed by atoms with Gasteiger partial charge in [-0.25, -0.2) is 4.79 Å². The van der Waals surface area contributed by atoms with E-state index in [9.17, 15) is 27.6 Å². The number of carboxylic acids is 1. The highest BCUT2D eigenvalue weighted by atomic mass is 35.5. The summed E-state index contributed by atoms with van der Waals surface area (Å²) in [6.07, 6.45) is -2.93. The molecule has 0 spiro atoms. The third-order valence-electron chi connectivity index (χ3n) is 5.72.